The molecule has 21 heavy (non-hydrogen) atoms. The molecule has 2 rings (SSSR count). The SMILES string of the molecule is NC(=S)c1ccc(CS(=O)(=O)NCC2CCCCO2)cc1. The van der Waals surface area contributed by atoms with Gasteiger partial charge in [0.05, 0.1) is 11.9 Å². The van der Waals surface area contributed by atoms with Crippen molar-refractivity contribution in [2.24, 2.45) is 5.73 Å². The van der Waals surface area contributed by atoms with Crippen molar-refractivity contribution in [3.05, 3.63) is 35.4 Å². The second-order valence-electron chi connectivity index (χ2n) is 5.16. The van der Waals surface area contributed by atoms with Gasteiger partial charge in [0.25, 0.3) is 0 Å². The van der Waals surface area contributed by atoms with Crippen molar-refractivity contribution in [3.8, 4) is 0 Å². The molecule has 1 atom stereocenters. The molecule has 0 radical (unpaired) electrons. The van der Waals surface area contributed by atoms with Crippen LogP contribution in [0, 0.1) is 0 Å². The third-order valence-electron chi connectivity index (χ3n) is 3.40. The first-order valence-electron chi connectivity index (χ1n) is 6.94. The third kappa shape index (κ3) is 5.35. The highest BCUT2D eigenvalue weighted by Crippen LogP contribution is 2.13. The van der Waals surface area contributed by atoms with E-state index in [-0.39, 0.29) is 11.9 Å². The summed E-state index contributed by atoms with van der Waals surface area (Å²) in [5.41, 5.74) is 6.94. The van der Waals surface area contributed by atoms with E-state index < -0.39 is 10.0 Å². The van der Waals surface area contributed by atoms with E-state index in [2.05, 4.69) is 4.72 Å². The van der Waals surface area contributed by atoms with Crippen LogP contribution in [0.25, 0.3) is 0 Å². The zero-order chi connectivity index (χ0) is 15.3. The van der Waals surface area contributed by atoms with Gasteiger partial charge >= 0.3 is 0 Å². The Balaban J connectivity index is 1.89. The first-order chi connectivity index (χ1) is 9.96. The maximum atomic E-state index is 12.0. The number of hydrogen-bond acceptors (Lipinski definition) is 4. The molecule has 1 aliphatic rings. The molecular formula is C14H20N2O3S2. The average Bonchev–Trinajstić information content (AvgIpc) is 2.46. The molecule has 1 heterocycles. The first-order valence-corrected chi connectivity index (χ1v) is 9.00. The fourth-order valence-electron chi connectivity index (χ4n) is 2.22. The number of thiocarbonyl (C=S) groups is 1. The molecule has 0 aliphatic carbocycles. The minimum Gasteiger partial charge on any atom is -0.389 e. The molecule has 0 bridgehead atoms. The Bertz CT molecular complexity index is 579. The molecular weight excluding hydrogens is 308 g/mol. The van der Waals surface area contributed by atoms with Crippen molar-refractivity contribution in [1.29, 1.82) is 0 Å². The molecule has 0 amide bonds. The Morgan fingerprint density at radius 3 is 2.62 bits per heavy atom. The summed E-state index contributed by atoms with van der Waals surface area (Å²) in [6, 6.07) is 6.92. The predicted molar refractivity (Wildman–Crippen MR) is 86.5 cm³/mol. The smallest absolute Gasteiger partial charge is 0.215 e. The standard InChI is InChI=1S/C14H20N2O3S2/c15-14(20)12-6-4-11(5-7-12)10-21(17,18)16-9-13-3-1-2-8-19-13/h4-7,13,16H,1-3,8-10H2,(H2,15,20). The maximum absolute atomic E-state index is 12.0. The van der Waals surface area contributed by atoms with E-state index in [1.165, 1.54) is 0 Å². The average molecular weight is 328 g/mol. The number of rotatable bonds is 6. The lowest BCUT2D eigenvalue weighted by molar-refractivity contribution is 0.0200. The van der Waals surface area contributed by atoms with Crippen LogP contribution >= 0.6 is 12.2 Å². The van der Waals surface area contributed by atoms with Crippen molar-refractivity contribution in [2.75, 3.05) is 13.2 Å². The fraction of sp³-hybridized carbons (Fsp3) is 0.500. The Kier molecular flexibility index (Phi) is 5.69. The van der Waals surface area contributed by atoms with E-state index in [4.69, 9.17) is 22.7 Å². The van der Waals surface area contributed by atoms with Crippen LogP contribution in [-0.4, -0.2) is 32.7 Å². The molecule has 116 valence electrons. The van der Waals surface area contributed by atoms with Crippen LogP contribution in [-0.2, 0) is 20.5 Å². The lowest BCUT2D eigenvalue weighted by Crippen LogP contribution is -2.36. The van der Waals surface area contributed by atoms with E-state index in [1.807, 2.05) is 0 Å². The summed E-state index contributed by atoms with van der Waals surface area (Å²) < 4.78 is 32.2. The molecule has 0 saturated carbocycles. The predicted octanol–water partition coefficient (Wildman–Crippen LogP) is 1.31. The van der Waals surface area contributed by atoms with Crippen LogP contribution in [0.2, 0.25) is 0 Å². The molecule has 1 fully saturated rings. The van der Waals surface area contributed by atoms with Gasteiger partial charge in [-0.2, -0.15) is 0 Å². The molecule has 1 saturated heterocycles. The zero-order valence-corrected chi connectivity index (χ0v) is 13.4. The van der Waals surface area contributed by atoms with Crippen LogP contribution in [0.4, 0.5) is 0 Å². The quantitative estimate of drug-likeness (QED) is 0.770. The van der Waals surface area contributed by atoms with E-state index in [1.54, 1.807) is 24.3 Å². The molecule has 1 aromatic rings. The van der Waals surface area contributed by atoms with Crippen molar-refractivity contribution in [3.63, 3.8) is 0 Å². The molecule has 5 nitrogen and oxygen atoms in total. The van der Waals surface area contributed by atoms with Crippen molar-refractivity contribution < 1.29 is 13.2 Å². The normalized spacial score (nSPS) is 19.3. The number of ether oxygens (including phenoxy) is 1. The second-order valence-corrected chi connectivity index (χ2v) is 7.40. The van der Waals surface area contributed by atoms with Gasteiger partial charge in [0.1, 0.15) is 4.99 Å². The van der Waals surface area contributed by atoms with Crippen molar-refractivity contribution in [1.82, 2.24) is 4.72 Å². The summed E-state index contributed by atoms with van der Waals surface area (Å²) >= 11 is 4.86. The molecule has 0 aromatic heterocycles. The third-order valence-corrected chi connectivity index (χ3v) is 4.96. The van der Waals surface area contributed by atoms with Gasteiger partial charge in [-0.1, -0.05) is 36.5 Å². The monoisotopic (exact) mass is 328 g/mol. The molecule has 0 spiro atoms. The Morgan fingerprint density at radius 1 is 1.33 bits per heavy atom. The van der Waals surface area contributed by atoms with Crippen LogP contribution in [0.1, 0.15) is 30.4 Å². The number of nitrogens with one attached hydrogen (secondary N) is 1. The molecule has 3 N–H and O–H groups in total. The largest absolute Gasteiger partial charge is 0.389 e. The van der Waals surface area contributed by atoms with Crippen LogP contribution in [0.5, 0.6) is 0 Å². The van der Waals surface area contributed by atoms with Gasteiger partial charge in [0, 0.05) is 18.7 Å². The highest BCUT2D eigenvalue weighted by atomic mass is 32.2. The Labute approximate surface area is 130 Å². The van der Waals surface area contributed by atoms with Crippen LogP contribution in [0.15, 0.2) is 24.3 Å². The lowest BCUT2D eigenvalue weighted by Gasteiger charge is -2.22. The van der Waals surface area contributed by atoms with Crippen LogP contribution in [0.3, 0.4) is 0 Å². The number of sulfonamides is 1. The minimum absolute atomic E-state index is 0.00878. The van der Waals surface area contributed by atoms with Crippen molar-refractivity contribution in [2.45, 2.75) is 31.1 Å². The first kappa shape index (κ1) is 16.4. The maximum Gasteiger partial charge on any atom is 0.215 e. The molecule has 1 aliphatic heterocycles. The second kappa shape index (κ2) is 7.31. The van der Waals surface area contributed by atoms with Gasteiger partial charge in [0.15, 0.2) is 0 Å². The summed E-state index contributed by atoms with van der Waals surface area (Å²) in [5, 5.41) is 0. The van der Waals surface area contributed by atoms with Gasteiger partial charge in [-0.3, -0.25) is 0 Å². The molecule has 1 unspecified atom stereocenters. The van der Waals surface area contributed by atoms with E-state index in [0.717, 1.165) is 24.8 Å². The van der Waals surface area contributed by atoms with Crippen LogP contribution < -0.4 is 10.5 Å². The summed E-state index contributed by atoms with van der Waals surface area (Å²) in [4.78, 5) is 0.303. The van der Waals surface area contributed by atoms with E-state index >= 15 is 0 Å². The molecule has 1 aromatic carbocycles. The summed E-state index contributed by atoms with van der Waals surface area (Å²) in [6.45, 7) is 1.06. The highest BCUT2D eigenvalue weighted by molar-refractivity contribution is 7.88. The number of hydrogen-bond donors (Lipinski definition) is 2. The summed E-state index contributed by atoms with van der Waals surface area (Å²) in [7, 11) is -3.36. The topological polar surface area (TPSA) is 81.4 Å². The van der Waals surface area contributed by atoms with Gasteiger partial charge in [0.2, 0.25) is 10.0 Å². The van der Waals surface area contributed by atoms with E-state index in [0.29, 0.717) is 23.7 Å². The summed E-state index contributed by atoms with van der Waals surface area (Å²) in [5.74, 6) is -0.0582. The zero-order valence-electron chi connectivity index (χ0n) is 11.7. The minimum atomic E-state index is -3.36. The van der Waals surface area contributed by atoms with Crippen molar-refractivity contribution >= 4 is 27.2 Å². The number of nitrogens with two attached hydrogens (primary N) is 1. The lowest BCUT2D eigenvalue weighted by atomic mass is 10.1. The highest BCUT2D eigenvalue weighted by Gasteiger charge is 2.18. The van der Waals surface area contributed by atoms with E-state index in [9.17, 15) is 8.42 Å². The van der Waals surface area contributed by atoms with Gasteiger partial charge < -0.3 is 10.5 Å². The Hall–Kier alpha value is -1.02. The molecule has 7 heteroatoms. The number of benzene rings is 1. The summed E-state index contributed by atoms with van der Waals surface area (Å²) in [6.07, 6.45) is 3.04. The Morgan fingerprint density at radius 2 is 2.05 bits per heavy atom. The van der Waals surface area contributed by atoms with Gasteiger partial charge in [-0.05, 0) is 24.8 Å². The fourth-order valence-corrected chi connectivity index (χ4v) is 3.53. The van der Waals surface area contributed by atoms with Gasteiger partial charge in [-0.25, -0.2) is 13.1 Å². The van der Waals surface area contributed by atoms with Gasteiger partial charge in [-0.15, -0.1) is 0 Å².